The van der Waals surface area contributed by atoms with Crippen molar-refractivity contribution in [1.29, 1.82) is 0 Å². The lowest BCUT2D eigenvalue weighted by Gasteiger charge is -2.38. The van der Waals surface area contributed by atoms with Gasteiger partial charge in [0.2, 0.25) is 0 Å². The first-order valence-corrected chi connectivity index (χ1v) is 6.25. The Morgan fingerprint density at radius 2 is 2.22 bits per heavy atom. The van der Waals surface area contributed by atoms with E-state index in [-0.39, 0.29) is 11.5 Å². The molecule has 1 aliphatic rings. The van der Waals surface area contributed by atoms with Crippen molar-refractivity contribution < 1.29 is 9.53 Å². The Balaban J connectivity index is 2.20. The smallest absolute Gasteiger partial charge is 0.255 e. The molecule has 2 N–H and O–H groups in total. The van der Waals surface area contributed by atoms with Crippen LogP contribution in [0.2, 0.25) is 5.02 Å². The quantitative estimate of drug-likeness (QED) is 0.794. The molecule has 0 atom stereocenters. The van der Waals surface area contributed by atoms with Crippen LogP contribution in [-0.2, 0) is 4.74 Å². The summed E-state index contributed by atoms with van der Waals surface area (Å²) in [5, 5.41) is 0.393. The molecule has 0 bridgehead atoms. The third-order valence-electron chi connectivity index (χ3n) is 2.94. The monoisotopic (exact) mass is 268 g/mol. The van der Waals surface area contributed by atoms with Crippen molar-refractivity contribution in [2.45, 2.75) is 19.4 Å². The van der Waals surface area contributed by atoms with Crippen molar-refractivity contribution in [1.82, 2.24) is 4.90 Å². The summed E-state index contributed by atoms with van der Waals surface area (Å²) >= 11 is 6.06. The van der Waals surface area contributed by atoms with Gasteiger partial charge in [-0.3, -0.25) is 4.79 Å². The average molecular weight is 269 g/mol. The first-order chi connectivity index (χ1) is 8.39. The van der Waals surface area contributed by atoms with Crippen LogP contribution in [0.5, 0.6) is 0 Å². The maximum Gasteiger partial charge on any atom is 0.255 e. The minimum atomic E-state index is -0.311. The first-order valence-electron chi connectivity index (χ1n) is 5.87. The van der Waals surface area contributed by atoms with Crippen LogP contribution in [-0.4, -0.2) is 36.1 Å². The lowest BCUT2D eigenvalue weighted by Crippen LogP contribution is -2.50. The lowest BCUT2D eigenvalue weighted by atomic mass is 10.1. The van der Waals surface area contributed by atoms with E-state index in [9.17, 15) is 4.79 Å². The third-order valence-corrected chi connectivity index (χ3v) is 3.25. The number of hydrogen-bond acceptors (Lipinski definition) is 3. The molecule has 0 aliphatic carbocycles. The van der Waals surface area contributed by atoms with Crippen molar-refractivity contribution in [3.63, 3.8) is 0 Å². The van der Waals surface area contributed by atoms with E-state index in [1.807, 2.05) is 13.8 Å². The molecular formula is C13H17ClN2O2. The van der Waals surface area contributed by atoms with Crippen LogP contribution >= 0.6 is 11.6 Å². The van der Waals surface area contributed by atoms with Gasteiger partial charge < -0.3 is 15.4 Å². The van der Waals surface area contributed by atoms with Crippen molar-refractivity contribution in [2.75, 3.05) is 25.4 Å². The Labute approximate surface area is 112 Å². The predicted molar refractivity (Wildman–Crippen MR) is 71.8 cm³/mol. The van der Waals surface area contributed by atoms with E-state index in [4.69, 9.17) is 22.1 Å². The van der Waals surface area contributed by atoms with Gasteiger partial charge in [0.1, 0.15) is 0 Å². The molecule has 0 saturated carbocycles. The van der Waals surface area contributed by atoms with Crippen molar-refractivity contribution in [3.05, 3.63) is 28.8 Å². The normalized spacial score (nSPS) is 18.7. The van der Waals surface area contributed by atoms with E-state index in [2.05, 4.69) is 0 Å². The number of nitrogen functional groups attached to an aromatic ring is 1. The molecule has 1 aromatic rings. The van der Waals surface area contributed by atoms with Gasteiger partial charge in [-0.1, -0.05) is 11.6 Å². The summed E-state index contributed by atoms with van der Waals surface area (Å²) < 4.78 is 5.58. The minimum absolute atomic E-state index is 0.0728. The molecule has 1 amide bonds. The maximum atomic E-state index is 12.4. The summed E-state index contributed by atoms with van der Waals surface area (Å²) in [6.07, 6.45) is 0. The standard InChI is InChI=1S/C13H17ClN2O2/c1-13(2)8-16(5-6-18-13)12(17)10-4-3-9(15)7-11(10)14/h3-4,7H,5-6,8,15H2,1-2H3. The first kappa shape index (κ1) is 13.2. The highest BCUT2D eigenvalue weighted by Gasteiger charge is 2.31. The average Bonchev–Trinajstić information content (AvgIpc) is 2.27. The Hall–Kier alpha value is -1.26. The molecule has 2 rings (SSSR count). The summed E-state index contributed by atoms with van der Waals surface area (Å²) in [7, 11) is 0. The predicted octanol–water partition coefficient (Wildman–Crippen LogP) is 2.17. The zero-order valence-corrected chi connectivity index (χ0v) is 11.3. The third kappa shape index (κ3) is 2.76. The van der Waals surface area contributed by atoms with Gasteiger partial charge in [0.15, 0.2) is 0 Å². The number of carbonyl (C=O) groups excluding carboxylic acids is 1. The molecule has 1 aliphatic heterocycles. The van der Waals surface area contributed by atoms with Gasteiger partial charge in [-0.05, 0) is 32.0 Å². The molecule has 1 aromatic carbocycles. The van der Waals surface area contributed by atoms with E-state index >= 15 is 0 Å². The second-order valence-electron chi connectivity index (χ2n) is 5.07. The van der Waals surface area contributed by atoms with Crippen LogP contribution in [0.15, 0.2) is 18.2 Å². The fourth-order valence-corrected chi connectivity index (χ4v) is 2.33. The summed E-state index contributed by atoms with van der Waals surface area (Å²) in [4.78, 5) is 14.1. The van der Waals surface area contributed by atoms with Crippen LogP contribution in [0.3, 0.4) is 0 Å². The van der Waals surface area contributed by atoms with Crippen LogP contribution in [0, 0.1) is 0 Å². The molecule has 4 nitrogen and oxygen atoms in total. The minimum Gasteiger partial charge on any atom is -0.399 e. The van der Waals surface area contributed by atoms with Crippen LogP contribution in [0.1, 0.15) is 24.2 Å². The van der Waals surface area contributed by atoms with E-state index in [0.29, 0.717) is 36.0 Å². The van der Waals surface area contributed by atoms with Gasteiger partial charge in [0, 0.05) is 18.8 Å². The number of nitrogens with zero attached hydrogens (tertiary/aromatic N) is 1. The number of carbonyl (C=O) groups is 1. The highest BCUT2D eigenvalue weighted by molar-refractivity contribution is 6.34. The van der Waals surface area contributed by atoms with Crippen LogP contribution in [0.25, 0.3) is 0 Å². The molecule has 18 heavy (non-hydrogen) atoms. The summed E-state index contributed by atoms with van der Waals surface area (Å²) in [5.41, 5.74) is 6.35. The highest BCUT2D eigenvalue weighted by Crippen LogP contribution is 2.23. The molecule has 0 unspecified atom stereocenters. The number of nitrogens with two attached hydrogens (primary N) is 1. The lowest BCUT2D eigenvalue weighted by molar-refractivity contribution is -0.0763. The number of ether oxygens (including phenoxy) is 1. The molecule has 0 spiro atoms. The van der Waals surface area contributed by atoms with Crippen LogP contribution in [0.4, 0.5) is 5.69 Å². The Morgan fingerprint density at radius 1 is 1.50 bits per heavy atom. The summed E-state index contributed by atoms with van der Waals surface area (Å²) in [6, 6.07) is 4.95. The molecule has 0 radical (unpaired) electrons. The fraction of sp³-hybridized carbons (Fsp3) is 0.462. The molecular weight excluding hydrogens is 252 g/mol. The topological polar surface area (TPSA) is 55.6 Å². The SMILES string of the molecule is CC1(C)CN(C(=O)c2ccc(N)cc2Cl)CCO1. The number of hydrogen-bond donors (Lipinski definition) is 1. The van der Waals surface area contributed by atoms with Gasteiger partial charge >= 0.3 is 0 Å². The molecule has 1 heterocycles. The number of halogens is 1. The number of anilines is 1. The summed E-state index contributed by atoms with van der Waals surface area (Å²) in [5.74, 6) is -0.0728. The highest BCUT2D eigenvalue weighted by atomic mass is 35.5. The van der Waals surface area contributed by atoms with Gasteiger partial charge in [0.05, 0.1) is 22.8 Å². The zero-order chi connectivity index (χ0) is 13.3. The fourth-order valence-electron chi connectivity index (χ4n) is 2.06. The van der Waals surface area contributed by atoms with E-state index in [1.165, 1.54) is 0 Å². The number of morpholine rings is 1. The molecule has 5 heteroatoms. The molecule has 1 fully saturated rings. The number of amides is 1. The Morgan fingerprint density at radius 3 is 2.83 bits per heavy atom. The zero-order valence-electron chi connectivity index (χ0n) is 10.6. The van der Waals surface area contributed by atoms with E-state index < -0.39 is 0 Å². The largest absolute Gasteiger partial charge is 0.399 e. The molecule has 0 aromatic heterocycles. The molecule has 98 valence electrons. The second kappa shape index (κ2) is 4.78. The summed E-state index contributed by atoms with van der Waals surface area (Å²) in [6.45, 7) is 5.63. The number of rotatable bonds is 1. The van der Waals surface area contributed by atoms with Crippen molar-refractivity contribution >= 4 is 23.2 Å². The maximum absolute atomic E-state index is 12.4. The van der Waals surface area contributed by atoms with Crippen LogP contribution < -0.4 is 5.73 Å². The van der Waals surface area contributed by atoms with Gasteiger partial charge in [-0.25, -0.2) is 0 Å². The number of benzene rings is 1. The van der Waals surface area contributed by atoms with Crippen molar-refractivity contribution in [3.8, 4) is 0 Å². The van der Waals surface area contributed by atoms with Crippen molar-refractivity contribution in [2.24, 2.45) is 0 Å². The van der Waals surface area contributed by atoms with Gasteiger partial charge in [0.25, 0.3) is 5.91 Å². The van der Waals surface area contributed by atoms with Gasteiger partial charge in [-0.2, -0.15) is 0 Å². The van der Waals surface area contributed by atoms with Gasteiger partial charge in [-0.15, -0.1) is 0 Å². The molecule has 1 saturated heterocycles. The Kier molecular flexibility index (Phi) is 3.50. The van der Waals surface area contributed by atoms with E-state index in [1.54, 1.807) is 23.1 Å². The van der Waals surface area contributed by atoms with E-state index in [0.717, 1.165) is 0 Å². The second-order valence-corrected chi connectivity index (χ2v) is 5.48. The Bertz CT molecular complexity index is 474.